The van der Waals surface area contributed by atoms with E-state index >= 15 is 0 Å². The number of furan rings is 1. The minimum Gasteiger partial charge on any atom is -0.463 e. The maximum Gasteiger partial charge on any atom is 0.152 e. The van der Waals surface area contributed by atoms with E-state index in [0.29, 0.717) is 3.76 Å². The number of aromatic nitrogens is 1. The van der Waals surface area contributed by atoms with Crippen molar-refractivity contribution in [1.29, 1.82) is 0 Å². The highest BCUT2D eigenvalue weighted by molar-refractivity contribution is 14.2. The number of nitrogens with two attached hydrogens (primary N) is 1. The molecule has 0 aliphatic carbocycles. The van der Waals surface area contributed by atoms with Crippen molar-refractivity contribution in [3.05, 3.63) is 58.3 Å². The van der Waals surface area contributed by atoms with Gasteiger partial charge in [0.2, 0.25) is 0 Å². The fourth-order valence-corrected chi connectivity index (χ4v) is 3.35. The summed E-state index contributed by atoms with van der Waals surface area (Å²) < 4.78 is 8.31. The zero-order valence-electron chi connectivity index (χ0n) is 9.38. The van der Waals surface area contributed by atoms with Crippen molar-refractivity contribution in [1.82, 2.24) is 4.98 Å². The SMILES string of the molecule is NC1=IC=C(c2ccncc2)C(c2ccco2)=N1. The molecule has 90 valence electrons. The molecule has 0 atom stereocenters. The van der Waals surface area contributed by atoms with Crippen molar-refractivity contribution in [2.45, 2.75) is 0 Å². The van der Waals surface area contributed by atoms with E-state index in [1.807, 2.05) is 24.3 Å². The predicted molar refractivity (Wildman–Crippen MR) is 80.7 cm³/mol. The van der Waals surface area contributed by atoms with Crippen LogP contribution in [0, 0.1) is 0 Å². The fraction of sp³-hybridized carbons (Fsp3) is 0. The first-order chi connectivity index (χ1) is 8.84. The van der Waals surface area contributed by atoms with E-state index in [1.165, 1.54) is 0 Å². The number of pyridine rings is 1. The summed E-state index contributed by atoms with van der Waals surface area (Å²) >= 11 is -0.336. The van der Waals surface area contributed by atoms with Crippen molar-refractivity contribution in [2.75, 3.05) is 0 Å². The number of rotatable bonds is 2. The summed E-state index contributed by atoms with van der Waals surface area (Å²) in [5, 5.41) is 0. The van der Waals surface area contributed by atoms with Gasteiger partial charge in [-0.05, 0) is 33.9 Å². The number of allylic oxidation sites excluding steroid dienone is 1. The molecule has 0 bridgehead atoms. The molecule has 4 nitrogen and oxygen atoms in total. The normalized spacial score (nSPS) is 15.3. The molecule has 0 unspecified atom stereocenters. The zero-order valence-corrected chi connectivity index (χ0v) is 11.5. The van der Waals surface area contributed by atoms with E-state index in [9.17, 15) is 0 Å². The summed E-state index contributed by atoms with van der Waals surface area (Å²) in [6.07, 6.45) is 5.19. The van der Waals surface area contributed by atoms with Gasteiger partial charge in [0.1, 0.15) is 9.47 Å². The maximum absolute atomic E-state index is 5.85. The van der Waals surface area contributed by atoms with E-state index in [-0.39, 0.29) is 20.7 Å². The average molecular weight is 351 g/mol. The van der Waals surface area contributed by atoms with Gasteiger partial charge in [-0.3, -0.25) is 10.7 Å². The molecule has 2 aromatic heterocycles. The number of nitrogens with zero attached hydrogens (tertiary/aromatic N) is 2. The molecule has 3 heterocycles. The van der Waals surface area contributed by atoms with Crippen LogP contribution in [-0.2, 0) is 0 Å². The van der Waals surface area contributed by atoms with Crippen LogP contribution in [0.1, 0.15) is 11.3 Å². The van der Waals surface area contributed by atoms with Gasteiger partial charge in [0.05, 0.1) is 6.26 Å². The summed E-state index contributed by atoms with van der Waals surface area (Å²) in [6.45, 7) is 0. The van der Waals surface area contributed by atoms with Gasteiger partial charge >= 0.3 is 0 Å². The van der Waals surface area contributed by atoms with Crippen LogP contribution in [0.25, 0.3) is 5.57 Å². The third-order valence-corrected chi connectivity index (χ3v) is 4.31. The molecule has 18 heavy (non-hydrogen) atoms. The van der Waals surface area contributed by atoms with Crippen LogP contribution < -0.4 is 5.73 Å². The molecule has 2 aromatic rings. The van der Waals surface area contributed by atoms with Crippen molar-refractivity contribution >= 4 is 35.8 Å². The highest BCUT2D eigenvalue weighted by Crippen LogP contribution is 2.27. The standard InChI is InChI=1S/C13H10IN3O/c15-13-14-8-10(9-3-5-16-6-4-9)12(17-13)11-2-1-7-18-11/h1-8H,(H2,15,17). The summed E-state index contributed by atoms with van der Waals surface area (Å²) in [5.41, 5.74) is 8.82. The third-order valence-electron chi connectivity index (χ3n) is 2.50. The molecule has 0 amide bonds. The minimum absolute atomic E-state index is 0.336. The first kappa shape index (κ1) is 11.5. The van der Waals surface area contributed by atoms with Crippen LogP contribution >= 0.6 is 20.7 Å². The van der Waals surface area contributed by atoms with E-state index in [4.69, 9.17) is 10.2 Å². The quantitative estimate of drug-likeness (QED) is 0.846. The smallest absolute Gasteiger partial charge is 0.152 e. The Morgan fingerprint density at radius 1 is 1.17 bits per heavy atom. The minimum atomic E-state index is -0.336. The Hall–Kier alpha value is -1.60. The molecule has 2 N–H and O–H groups in total. The molecule has 5 heteroatoms. The second-order valence-corrected chi connectivity index (χ2v) is 5.98. The van der Waals surface area contributed by atoms with Crippen molar-refractivity contribution in [2.24, 2.45) is 10.7 Å². The Bertz CT molecular complexity index is 642. The molecule has 1 aliphatic rings. The van der Waals surface area contributed by atoms with Gasteiger partial charge in [0.25, 0.3) is 0 Å². The number of hydrogen-bond donors (Lipinski definition) is 1. The molecule has 3 rings (SSSR count). The molecule has 1 aliphatic heterocycles. The lowest BCUT2D eigenvalue weighted by Gasteiger charge is -2.12. The summed E-state index contributed by atoms with van der Waals surface area (Å²) in [6, 6.07) is 7.68. The zero-order chi connectivity index (χ0) is 12.4. The second kappa shape index (κ2) is 4.95. The lowest BCUT2D eigenvalue weighted by Crippen LogP contribution is -2.14. The van der Waals surface area contributed by atoms with Crippen LogP contribution in [0.5, 0.6) is 0 Å². The van der Waals surface area contributed by atoms with Crippen molar-refractivity contribution in [3.8, 4) is 0 Å². The van der Waals surface area contributed by atoms with Crippen LogP contribution in [0.2, 0.25) is 0 Å². The number of hydrogen-bond acceptors (Lipinski definition) is 4. The van der Waals surface area contributed by atoms with Gasteiger partial charge in [-0.2, -0.15) is 0 Å². The third kappa shape index (κ3) is 2.19. The van der Waals surface area contributed by atoms with Crippen molar-refractivity contribution in [3.63, 3.8) is 0 Å². The Labute approximate surface area is 114 Å². The van der Waals surface area contributed by atoms with E-state index in [2.05, 4.69) is 14.1 Å². The first-order valence-corrected chi connectivity index (χ1v) is 7.66. The van der Waals surface area contributed by atoms with Crippen LogP contribution in [-0.4, -0.2) is 14.5 Å². The van der Waals surface area contributed by atoms with E-state index in [1.54, 1.807) is 18.7 Å². The lowest BCUT2D eigenvalue weighted by molar-refractivity contribution is 0.558. The molecule has 0 radical (unpaired) electrons. The second-order valence-electron chi connectivity index (χ2n) is 3.63. The molecule has 0 spiro atoms. The first-order valence-electron chi connectivity index (χ1n) is 5.34. The van der Waals surface area contributed by atoms with Crippen LogP contribution in [0.4, 0.5) is 0 Å². The van der Waals surface area contributed by atoms with Gasteiger partial charge in [-0.25, -0.2) is 4.99 Å². The van der Waals surface area contributed by atoms with Gasteiger partial charge < -0.3 is 4.42 Å². The predicted octanol–water partition coefficient (Wildman–Crippen LogP) is 2.54. The highest BCUT2D eigenvalue weighted by Gasteiger charge is 2.17. The molecular formula is C13H10IN3O. The van der Waals surface area contributed by atoms with Crippen LogP contribution in [0.3, 0.4) is 0 Å². The van der Waals surface area contributed by atoms with Gasteiger partial charge in [0.15, 0.2) is 5.76 Å². The Morgan fingerprint density at radius 3 is 2.72 bits per heavy atom. The summed E-state index contributed by atoms with van der Waals surface area (Å²) in [7, 11) is 0. The molecule has 0 aromatic carbocycles. The highest BCUT2D eigenvalue weighted by atomic mass is 127. The summed E-state index contributed by atoms with van der Waals surface area (Å²) in [5.74, 6) is 0.740. The van der Waals surface area contributed by atoms with Crippen LogP contribution in [0.15, 0.2) is 56.4 Å². The number of aliphatic imine (C=N–C) groups is 1. The Kier molecular flexibility index (Phi) is 3.16. The monoisotopic (exact) mass is 351 g/mol. The fourth-order valence-electron chi connectivity index (χ4n) is 1.69. The molecule has 0 saturated carbocycles. The average Bonchev–Trinajstić information content (AvgIpc) is 2.93. The summed E-state index contributed by atoms with van der Waals surface area (Å²) in [4.78, 5) is 8.49. The van der Waals surface area contributed by atoms with Gasteiger partial charge in [0, 0.05) is 18.0 Å². The Morgan fingerprint density at radius 2 is 2.00 bits per heavy atom. The Balaban J connectivity index is 2.11. The van der Waals surface area contributed by atoms with E-state index < -0.39 is 0 Å². The van der Waals surface area contributed by atoms with Crippen molar-refractivity contribution < 1.29 is 4.42 Å². The topological polar surface area (TPSA) is 64.4 Å². The van der Waals surface area contributed by atoms with Gasteiger partial charge in [-0.1, -0.05) is 20.7 Å². The molecule has 0 saturated heterocycles. The molecule has 0 fully saturated rings. The van der Waals surface area contributed by atoms with E-state index in [0.717, 1.165) is 22.6 Å². The van der Waals surface area contributed by atoms with Gasteiger partial charge in [-0.15, -0.1) is 0 Å². The maximum atomic E-state index is 5.85. The largest absolute Gasteiger partial charge is 0.463 e. The lowest BCUT2D eigenvalue weighted by atomic mass is 10.0. The molecular weight excluding hydrogens is 341 g/mol. The number of halogens is 1.